The molecule has 5 fully saturated rings. The van der Waals surface area contributed by atoms with Crippen molar-refractivity contribution < 1.29 is 98.4 Å². The summed E-state index contributed by atoms with van der Waals surface area (Å²) < 4.78 is 111. The molecule has 15 rings (SSSR count). The number of ether oxygens (including phenoxy) is 4. The van der Waals surface area contributed by atoms with Gasteiger partial charge in [0.2, 0.25) is 0 Å². The van der Waals surface area contributed by atoms with E-state index in [1.165, 1.54) is 64.7 Å². The number of aromatic nitrogens is 3. The molecule has 0 radical (unpaired) electrons. The van der Waals surface area contributed by atoms with Crippen LogP contribution in [0.5, 0.6) is 17.2 Å². The molecule has 5 N–H and O–H groups in total. The summed E-state index contributed by atoms with van der Waals surface area (Å²) in [4.78, 5) is 69.7. The van der Waals surface area contributed by atoms with Gasteiger partial charge in [-0.05, 0) is 251 Å². The molecule has 26 nitrogen and oxygen atoms in total. The minimum atomic E-state index is -0.935. The third-order valence-electron chi connectivity index (χ3n) is 23.2. The number of imidazole rings is 1. The number of anilines is 3. The van der Waals surface area contributed by atoms with E-state index in [0.29, 0.717) is 23.2 Å². The van der Waals surface area contributed by atoms with Crippen molar-refractivity contribution in [2.75, 3.05) is 44.2 Å². The number of halogens is 5. The highest BCUT2D eigenvalue weighted by Gasteiger charge is 2.55. The maximum atomic E-state index is 14.2. The molecule has 5 aliphatic rings. The quantitative estimate of drug-likeness (QED) is 0.0397. The Morgan fingerprint density at radius 3 is 1.21 bits per heavy atom. The first-order chi connectivity index (χ1) is 60.1. The molecular formula is C93H107B4BrClF3N8O18. The number of hydrogen-bond acceptors (Lipinski definition) is 21. The molecule has 10 aromatic rings. The normalized spacial score (nSPS) is 17.5. The second kappa shape index (κ2) is 42.4. The van der Waals surface area contributed by atoms with Crippen molar-refractivity contribution in [3.05, 3.63) is 256 Å². The Labute approximate surface area is 759 Å². The summed E-state index contributed by atoms with van der Waals surface area (Å²) in [7, 11) is 2.30. The fourth-order valence-electron chi connectivity index (χ4n) is 12.9. The summed E-state index contributed by atoms with van der Waals surface area (Å²) >= 11 is 8.88. The Morgan fingerprint density at radius 2 is 0.867 bits per heavy atom. The summed E-state index contributed by atoms with van der Waals surface area (Å²) in [6.07, 6.45) is 6.85. The number of methoxy groups -OCH3 is 3. The zero-order chi connectivity index (χ0) is 94.2. The number of amides is 3. The number of nitrogens with zero attached hydrogens (tertiary/aromatic N) is 5. The standard InChI is InChI=1S/2C20H23BFNO4.C18H17BrN4O2.C13H16BClO3.C13H17BO4.C7H8FNO.C2H3N/c2*1-19(2)20(3,4)27-21(26-19)14-11-9-13(10-12-14)18(24)23-15-7-6-8-16(25-5)17(15)22;19-16-15-11-20-8-10-22(15)17(21-16)14-7-4-9-23(14)18(24)25-12-13-5-2-1-3-6-13;2*1-12(2)13(3,4)18-14(17-12)10-7-5-9(6-8-10)11(15)16;1-10-6-4-2-3-5(9)7(6)8;1-2-3/h2*6-12H,1-5H3,(H,23,24);1-3,5-6,8,10-11,14H,4,7,9,12H2;5-8H,1-4H3;5-8H,1-4H3,(H,15,16);2-4H,9H2,1H3;1H3/t;;14-;;;;/m..0..../s1. The number of fused-ring (bicyclic) bond motifs is 1. The number of nitrogens with two attached hydrogens (primary N) is 1. The van der Waals surface area contributed by atoms with E-state index >= 15 is 0 Å². The Morgan fingerprint density at radius 1 is 0.523 bits per heavy atom. The number of nitriles is 1. The maximum absolute atomic E-state index is 14.2. The van der Waals surface area contributed by atoms with Crippen molar-refractivity contribution in [2.45, 2.75) is 188 Å². The molecule has 0 unspecified atom stereocenters. The van der Waals surface area contributed by atoms with E-state index in [2.05, 4.69) is 41.3 Å². The van der Waals surface area contributed by atoms with E-state index in [-0.39, 0.29) is 81.0 Å². The minimum absolute atomic E-state index is 0.0642. The van der Waals surface area contributed by atoms with Gasteiger partial charge in [-0.1, -0.05) is 109 Å². The number of likely N-dealkylation sites (tertiary alicyclic amines) is 1. The van der Waals surface area contributed by atoms with E-state index < -0.39 is 91.4 Å². The molecule has 2 aromatic heterocycles. The van der Waals surface area contributed by atoms with Crippen molar-refractivity contribution in [1.82, 2.24) is 19.3 Å². The number of carboxylic acids is 1. The van der Waals surface area contributed by atoms with Crippen LogP contribution in [-0.2, 0) is 48.6 Å². The summed E-state index contributed by atoms with van der Waals surface area (Å²) in [5.41, 5.74) is 9.00. The maximum Gasteiger partial charge on any atom is 0.494 e. The molecule has 0 aliphatic carbocycles. The van der Waals surface area contributed by atoms with Gasteiger partial charge in [0.15, 0.2) is 34.7 Å². The number of hydrogen-bond donors (Lipinski definition) is 4. The van der Waals surface area contributed by atoms with Gasteiger partial charge in [-0.25, -0.2) is 27.7 Å². The zero-order valence-electron chi connectivity index (χ0n) is 75.4. The van der Waals surface area contributed by atoms with E-state index in [9.17, 15) is 37.1 Å². The third-order valence-corrected chi connectivity index (χ3v) is 24.0. The van der Waals surface area contributed by atoms with Crippen LogP contribution in [0, 0.1) is 28.8 Å². The second-order valence-corrected chi connectivity index (χ2v) is 35.1. The molecule has 1 atom stereocenters. The van der Waals surface area contributed by atoms with Crippen LogP contribution in [0.15, 0.2) is 205 Å². The predicted octanol–water partition coefficient (Wildman–Crippen LogP) is 16.7. The van der Waals surface area contributed by atoms with Gasteiger partial charge in [0, 0.05) is 42.6 Å². The molecular weight excluding hydrogens is 1730 g/mol. The molecule has 7 heterocycles. The summed E-state index contributed by atoms with van der Waals surface area (Å²) in [5, 5.41) is 20.8. The van der Waals surface area contributed by atoms with Crippen LogP contribution in [-0.4, -0.2) is 155 Å². The van der Waals surface area contributed by atoms with Gasteiger partial charge in [-0.2, -0.15) is 5.26 Å². The van der Waals surface area contributed by atoms with Crippen LogP contribution < -0.4 is 52.4 Å². The first kappa shape index (κ1) is 101. The number of benzene rings is 8. The van der Waals surface area contributed by atoms with Gasteiger partial charge in [0.05, 0.1) is 113 Å². The molecule has 3 amide bonds. The largest absolute Gasteiger partial charge is 0.494 e. The molecule has 674 valence electrons. The lowest BCUT2D eigenvalue weighted by atomic mass is 9.79. The number of aromatic carboxylic acids is 1. The predicted molar refractivity (Wildman–Crippen MR) is 492 cm³/mol. The molecule has 35 heteroatoms. The lowest BCUT2D eigenvalue weighted by Gasteiger charge is -2.32. The number of carbonyl (C=O) groups excluding carboxylic acids is 4. The lowest BCUT2D eigenvalue weighted by molar-refractivity contribution is 0.00578. The fraction of sp³-hybridized carbons (Fsp3) is 0.355. The first-order valence-electron chi connectivity index (χ1n) is 41.0. The molecule has 128 heavy (non-hydrogen) atoms. The van der Waals surface area contributed by atoms with Crippen molar-refractivity contribution in [3.63, 3.8) is 0 Å². The zero-order valence-corrected chi connectivity index (χ0v) is 77.7. The molecule has 0 spiro atoms. The number of carbonyl (C=O) groups is 5. The molecule has 5 saturated heterocycles. The lowest BCUT2D eigenvalue weighted by Crippen LogP contribution is -2.41. The van der Waals surface area contributed by atoms with Crippen molar-refractivity contribution in [1.29, 1.82) is 5.26 Å². The molecule has 0 saturated carbocycles. The Balaban J connectivity index is 0.000000176. The van der Waals surface area contributed by atoms with Crippen molar-refractivity contribution in [2.24, 2.45) is 0 Å². The number of nitrogen functional groups attached to an aromatic ring is 1. The minimum Gasteiger partial charge on any atom is -0.494 e. The van der Waals surface area contributed by atoms with Gasteiger partial charge in [0.25, 0.3) is 17.1 Å². The number of carboxylic acid groups (broad SMARTS) is 1. The van der Waals surface area contributed by atoms with E-state index in [1.54, 1.807) is 139 Å². The smallest absolute Gasteiger partial charge is 0.494 e. The topological polar surface area (TPSA) is 324 Å². The number of nitrogens with one attached hydrogen (secondary N) is 2. The highest BCUT2D eigenvalue weighted by molar-refractivity contribution is 9.10. The van der Waals surface area contributed by atoms with E-state index in [1.807, 2.05) is 152 Å². The van der Waals surface area contributed by atoms with Gasteiger partial charge in [0.1, 0.15) is 17.0 Å². The highest BCUT2D eigenvalue weighted by Crippen LogP contribution is 2.41. The molecule has 0 bridgehead atoms. The fourth-order valence-corrected chi connectivity index (χ4v) is 13.5. The van der Waals surface area contributed by atoms with E-state index in [4.69, 9.17) is 79.1 Å². The molecule has 5 aliphatic heterocycles. The SMILES string of the molecule is CC#N.CC1(C)OB(c2ccc(C(=O)Cl)cc2)OC1(C)C.CC1(C)OB(c2ccc(C(=O)O)cc2)OC1(C)C.COc1cccc(N)c1F.COc1cccc(NC(=O)c2ccc(B3OC(C)(C)C(C)(C)O3)cc2)c1F.COc1cccc(NC(=O)c2ccc(B3OC(C)(C)C(C)(C)O3)cc2)c1F.O=C(OCc1ccccc1)N1CCC[C@H]1c1nc(Br)c2cnccn12. The number of rotatable bonds is 16. The Hall–Kier alpha value is -11.1. The first-order valence-corrected chi connectivity index (χ1v) is 42.2. The van der Waals surface area contributed by atoms with Crippen LogP contribution in [0.3, 0.4) is 0 Å². The Bertz CT molecular complexity index is 5270. The van der Waals surface area contributed by atoms with Crippen LogP contribution in [0.2, 0.25) is 0 Å². The second-order valence-electron chi connectivity index (χ2n) is 34.0. The summed E-state index contributed by atoms with van der Waals surface area (Å²) in [6.45, 7) is 34.2. The van der Waals surface area contributed by atoms with E-state index in [0.717, 1.165) is 56.2 Å². The van der Waals surface area contributed by atoms with Gasteiger partial charge >= 0.3 is 40.5 Å². The van der Waals surface area contributed by atoms with Crippen LogP contribution in [0.1, 0.15) is 189 Å². The van der Waals surface area contributed by atoms with Crippen LogP contribution in [0.4, 0.5) is 35.0 Å². The Kier molecular flexibility index (Phi) is 33.4. The van der Waals surface area contributed by atoms with Crippen molar-refractivity contribution >= 4 is 130 Å². The van der Waals surface area contributed by atoms with Crippen molar-refractivity contribution in [3.8, 4) is 23.3 Å². The highest BCUT2D eigenvalue weighted by atomic mass is 79.9. The van der Waals surface area contributed by atoms with Crippen LogP contribution in [0.25, 0.3) is 5.52 Å². The van der Waals surface area contributed by atoms with Gasteiger partial charge in [-0.3, -0.25) is 28.7 Å². The summed E-state index contributed by atoms with van der Waals surface area (Å²) in [6, 6.07) is 52.4. The van der Waals surface area contributed by atoms with Gasteiger partial charge in [-0.15, -0.1) is 0 Å². The summed E-state index contributed by atoms with van der Waals surface area (Å²) in [5.74, 6) is -2.32. The third kappa shape index (κ3) is 24.5. The molecule has 8 aromatic carbocycles. The average molecular weight is 1840 g/mol. The van der Waals surface area contributed by atoms with Gasteiger partial charge < -0.3 is 77.7 Å². The monoisotopic (exact) mass is 1840 g/mol. The van der Waals surface area contributed by atoms with Crippen LogP contribution >= 0.6 is 27.5 Å². The average Bonchev–Trinajstić information content (AvgIpc) is 1.65.